The van der Waals surface area contributed by atoms with E-state index in [2.05, 4.69) is 52.3 Å². The van der Waals surface area contributed by atoms with Crippen molar-refractivity contribution >= 4 is 33.9 Å². The molecule has 0 fully saturated rings. The Kier molecular flexibility index (Phi) is 4.12. The topological polar surface area (TPSA) is 17.1 Å². The summed E-state index contributed by atoms with van der Waals surface area (Å²) in [6.45, 7) is 2.03. The van der Waals surface area contributed by atoms with Crippen LogP contribution in [0.2, 0.25) is 0 Å². The molecule has 2 heteroatoms. The first-order valence-electron chi connectivity index (χ1n) is 7.34. The van der Waals surface area contributed by atoms with Crippen LogP contribution in [0.5, 0.6) is 0 Å². The summed E-state index contributed by atoms with van der Waals surface area (Å²) in [6.07, 6.45) is 6.77. The Labute approximate surface area is 139 Å². The zero-order valence-electron chi connectivity index (χ0n) is 12.4. The van der Waals surface area contributed by atoms with Gasteiger partial charge in [0.05, 0.1) is 9.90 Å². The Hall–Kier alpha value is -1.93. The molecule has 0 aliphatic heterocycles. The van der Waals surface area contributed by atoms with Crippen LogP contribution < -0.4 is 0 Å². The summed E-state index contributed by atoms with van der Waals surface area (Å²) in [5, 5.41) is 0. The summed E-state index contributed by atoms with van der Waals surface area (Å²) < 4.78 is 0.654. The van der Waals surface area contributed by atoms with E-state index >= 15 is 0 Å². The highest BCUT2D eigenvalue weighted by molar-refractivity contribution is 9.12. The van der Waals surface area contributed by atoms with Crippen LogP contribution in [-0.4, -0.2) is 5.78 Å². The maximum atomic E-state index is 12.7. The van der Waals surface area contributed by atoms with Gasteiger partial charge in [0, 0.05) is 0 Å². The standard InChI is InChI=1S/C20H17BrO/c1-20(13-7-10-15-8-3-2-4-9-15)17-12-6-5-11-16(17)14-18(21)19(20)22/h2-12,14H,13H2,1H3/b10-7+/t20-/m1/s1. The molecule has 0 bridgehead atoms. The van der Waals surface area contributed by atoms with Crippen molar-refractivity contribution in [2.75, 3.05) is 0 Å². The van der Waals surface area contributed by atoms with Gasteiger partial charge < -0.3 is 0 Å². The number of ketones is 1. The summed E-state index contributed by atoms with van der Waals surface area (Å²) in [4.78, 5) is 12.7. The van der Waals surface area contributed by atoms with Gasteiger partial charge >= 0.3 is 0 Å². The number of halogens is 1. The molecular weight excluding hydrogens is 336 g/mol. The molecule has 0 saturated heterocycles. The van der Waals surface area contributed by atoms with Gasteiger partial charge in [-0.2, -0.15) is 0 Å². The van der Waals surface area contributed by atoms with Crippen molar-refractivity contribution < 1.29 is 4.79 Å². The number of Topliss-reactive ketones (excluding diaryl/α,β-unsaturated/α-hetero) is 1. The molecule has 3 rings (SSSR count). The Bertz CT molecular complexity index is 758. The highest BCUT2D eigenvalue weighted by Gasteiger charge is 2.39. The largest absolute Gasteiger partial charge is 0.293 e. The first-order chi connectivity index (χ1) is 10.6. The Balaban J connectivity index is 1.93. The summed E-state index contributed by atoms with van der Waals surface area (Å²) >= 11 is 3.42. The van der Waals surface area contributed by atoms with E-state index in [0.29, 0.717) is 10.9 Å². The zero-order valence-corrected chi connectivity index (χ0v) is 14.0. The van der Waals surface area contributed by atoms with E-state index < -0.39 is 5.41 Å². The molecule has 0 aromatic heterocycles. The molecule has 1 atom stereocenters. The first-order valence-corrected chi connectivity index (χ1v) is 8.14. The lowest BCUT2D eigenvalue weighted by molar-refractivity contribution is -0.119. The third kappa shape index (κ3) is 2.71. The molecule has 1 aliphatic rings. The molecule has 110 valence electrons. The summed E-state index contributed by atoms with van der Waals surface area (Å²) in [5.74, 6) is 0.143. The number of carbonyl (C=O) groups is 1. The van der Waals surface area contributed by atoms with E-state index in [4.69, 9.17) is 0 Å². The maximum Gasteiger partial charge on any atom is 0.180 e. The van der Waals surface area contributed by atoms with Gasteiger partial charge in [0.1, 0.15) is 0 Å². The van der Waals surface area contributed by atoms with Gasteiger partial charge in [0.15, 0.2) is 5.78 Å². The fourth-order valence-corrected chi connectivity index (χ4v) is 3.60. The fraction of sp³-hybridized carbons (Fsp3) is 0.150. The number of carbonyl (C=O) groups excluding carboxylic acids is 1. The predicted octanol–water partition coefficient (Wildman–Crippen LogP) is 5.37. The van der Waals surface area contributed by atoms with Crippen LogP contribution >= 0.6 is 15.9 Å². The lowest BCUT2D eigenvalue weighted by Crippen LogP contribution is -2.35. The molecule has 0 heterocycles. The van der Waals surface area contributed by atoms with Crippen molar-refractivity contribution in [1.82, 2.24) is 0 Å². The second-order valence-corrected chi connectivity index (χ2v) is 6.61. The van der Waals surface area contributed by atoms with Crippen LogP contribution in [0.1, 0.15) is 30.0 Å². The Morgan fingerprint density at radius 1 is 1.05 bits per heavy atom. The van der Waals surface area contributed by atoms with Crippen LogP contribution in [0.4, 0.5) is 0 Å². The van der Waals surface area contributed by atoms with Gasteiger partial charge in [0.25, 0.3) is 0 Å². The van der Waals surface area contributed by atoms with Gasteiger partial charge in [0.2, 0.25) is 0 Å². The minimum absolute atomic E-state index is 0.143. The quantitative estimate of drug-likeness (QED) is 0.725. The van der Waals surface area contributed by atoms with Gasteiger partial charge in [-0.25, -0.2) is 0 Å². The number of hydrogen-bond donors (Lipinski definition) is 0. The third-order valence-corrected chi connectivity index (χ3v) is 4.78. The molecule has 1 nitrogen and oxygen atoms in total. The molecule has 2 aromatic carbocycles. The molecule has 0 radical (unpaired) electrons. The molecule has 0 spiro atoms. The van der Waals surface area contributed by atoms with E-state index in [9.17, 15) is 4.79 Å². The average Bonchev–Trinajstić information content (AvgIpc) is 2.54. The number of rotatable bonds is 3. The normalized spacial score (nSPS) is 20.8. The highest BCUT2D eigenvalue weighted by atomic mass is 79.9. The molecule has 0 unspecified atom stereocenters. The highest BCUT2D eigenvalue weighted by Crippen LogP contribution is 2.40. The van der Waals surface area contributed by atoms with E-state index in [1.807, 2.05) is 43.3 Å². The van der Waals surface area contributed by atoms with Crippen LogP contribution in [0.15, 0.2) is 65.2 Å². The molecule has 0 N–H and O–H groups in total. The third-order valence-electron chi connectivity index (χ3n) is 4.19. The van der Waals surface area contributed by atoms with E-state index in [-0.39, 0.29) is 5.78 Å². The summed E-state index contributed by atoms with van der Waals surface area (Å²) in [7, 11) is 0. The minimum atomic E-state index is -0.518. The van der Waals surface area contributed by atoms with Crippen molar-refractivity contribution in [3.05, 3.63) is 81.8 Å². The number of benzene rings is 2. The molecule has 2 aromatic rings. The van der Waals surface area contributed by atoms with Crippen molar-refractivity contribution in [2.45, 2.75) is 18.8 Å². The maximum absolute atomic E-state index is 12.7. The second-order valence-electron chi connectivity index (χ2n) is 5.76. The van der Waals surface area contributed by atoms with Crippen LogP contribution in [0.3, 0.4) is 0 Å². The predicted molar refractivity (Wildman–Crippen MR) is 95.8 cm³/mol. The molecule has 1 aliphatic carbocycles. The second kappa shape index (κ2) is 6.05. The molecular formula is C20H17BrO. The van der Waals surface area contributed by atoms with Crippen molar-refractivity contribution in [3.8, 4) is 0 Å². The monoisotopic (exact) mass is 352 g/mol. The van der Waals surface area contributed by atoms with Crippen LogP contribution in [0.25, 0.3) is 12.2 Å². The van der Waals surface area contributed by atoms with Gasteiger partial charge in [-0.15, -0.1) is 0 Å². The van der Waals surface area contributed by atoms with Gasteiger partial charge in [-0.1, -0.05) is 66.7 Å². The number of fused-ring (bicyclic) bond motifs is 1. The van der Waals surface area contributed by atoms with Crippen LogP contribution in [0, 0.1) is 0 Å². The summed E-state index contributed by atoms with van der Waals surface area (Å²) in [6, 6.07) is 18.3. The fourth-order valence-electron chi connectivity index (χ4n) is 2.91. The SMILES string of the molecule is C[C@]1(C/C=C/c2ccccc2)C(=O)C(Br)=Cc2ccccc21. The van der Waals surface area contributed by atoms with E-state index in [1.54, 1.807) is 0 Å². The van der Waals surface area contributed by atoms with Crippen molar-refractivity contribution in [2.24, 2.45) is 0 Å². The smallest absolute Gasteiger partial charge is 0.180 e. The van der Waals surface area contributed by atoms with Gasteiger partial charge in [-0.3, -0.25) is 4.79 Å². The lowest BCUT2D eigenvalue weighted by atomic mass is 9.71. The average molecular weight is 353 g/mol. The lowest BCUT2D eigenvalue weighted by Gasteiger charge is -2.32. The minimum Gasteiger partial charge on any atom is -0.293 e. The van der Waals surface area contributed by atoms with Crippen molar-refractivity contribution in [3.63, 3.8) is 0 Å². The molecule has 0 saturated carbocycles. The number of hydrogen-bond acceptors (Lipinski definition) is 1. The van der Waals surface area contributed by atoms with E-state index in [1.165, 1.54) is 0 Å². The first kappa shape index (κ1) is 15.0. The molecule has 22 heavy (non-hydrogen) atoms. The van der Waals surface area contributed by atoms with Crippen molar-refractivity contribution in [1.29, 1.82) is 0 Å². The van der Waals surface area contributed by atoms with E-state index in [0.717, 1.165) is 16.7 Å². The number of allylic oxidation sites excluding steroid dienone is 2. The summed E-state index contributed by atoms with van der Waals surface area (Å²) in [5.41, 5.74) is 2.85. The van der Waals surface area contributed by atoms with Gasteiger partial charge in [-0.05, 0) is 52.0 Å². The Morgan fingerprint density at radius 3 is 2.50 bits per heavy atom. The molecule has 0 amide bonds. The zero-order chi connectivity index (χ0) is 15.6. The Morgan fingerprint density at radius 2 is 1.73 bits per heavy atom. The van der Waals surface area contributed by atoms with Crippen LogP contribution in [-0.2, 0) is 10.2 Å².